The number of halogens is 2. The first-order chi connectivity index (χ1) is 11.3. The van der Waals surface area contributed by atoms with Gasteiger partial charge < -0.3 is 20.9 Å². The van der Waals surface area contributed by atoms with E-state index in [2.05, 4.69) is 37.2 Å². The summed E-state index contributed by atoms with van der Waals surface area (Å²) in [4.78, 5) is 22.9. The summed E-state index contributed by atoms with van der Waals surface area (Å²) in [7, 11) is 0. The summed E-state index contributed by atoms with van der Waals surface area (Å²) in [6, 6.07) is 9.01. The molecule has 0 saturated heterocycles. The van der Waals surface area contributed by atoms with Crippen LogP contribution in [0.1, 0.15) is 17.3 Å². The number of hydrogen-bond acceptors (Lipinski definition) is 4. The number of amides is 1. The molecule has 126 valence electrons. The number of hydrogen-bond donors (Lipinski definition) is 3. The molecule has 0 radical (unpaired) electrons. The van der Waals surface area contributed by atoms with E-state index in [-0.39, 0.29) is 0 Å². The van der Waals surface area contributed by atoms with Crippen molar-refractivity contribution in [2.45, 2.75) is 13.0 Å². The van der Waals surface area contributed by atoms with Gasteiger partial charge in [0.25, 0.3) is 5.91 Å². The van der Waals surface area contributed by atoms with Gasteiger partial charge in [0.05, 0.1) is 8.95 Å². The van der Waals surface area contributed by atoms with E-state index in [9.17, 15) is 9.59 Å². The SMILES string of the molecule is CC(NC(=O)c1cc(Br)c(Oc2ccc(N)cc2)c(Br)c1)C(=O)O. The largest absolute Gasteiger partial charge is 0.480 e. The minimum Gasteiger partial charge on any atom is -0.480 e. The Bertz CT molecular complexity index is 755. The van der Waals surface area contributed by atoms with Gasteiger partial charge in [-0.15, -0.1) is 0 Å². The third-order valence-corrected chi connectivity index (χ3v) is 4.26. The molecule has 24 heavy (non-hydrogen) atoms. The standard InChI is InChI=1S/C16H14Br2N2O4/c1-8(16(22)23)20-15(21)9-6-12(17)14(13(18)7-9)24-11-4-2-10(19)3-5-11/h2-8H,19H2,1H3,(H,20,21)(H,22,23). The van der Waals surface area contributed by atoms with Crippen molar-refractivity contribution < 1.29 is 19.4 Å². The fourth-order valence-electron chi connectivity index (χ4n) is 1.78. The Hall–Kier alpha value is -2.06. The summed E-state index contributed by atoms with van der Waals surface area (Å²) in [6.07, 6.45) is 0. The smallest absolute Gasteiger partial charge is 0.325 e. The molecule has 2 aromatic carbocycles. The quantitative estimate of drug-likeness (QED) is 0.593. The Morgan fingerprint density at radius 3 is 2.21 bits per heavy atom. The molecule has 0 aliphatic carbocycles. The summed E-state index contributed by atoms with van der Waals surface area (Å²) in [5, 5.41) is 11.2. The number of anilines is 1. The molecule has 4 N–H and O–H groups in total. The lowest BCUT2D eigenvalue weighted by molar-refractivity contribution is -0.138. The van der Waals surface area contributed by atoms with Crippen molar-refractivity contribution in [1.82, 2.24) is 5.32 Å². The first kappa shape index (κ1) is 18.3. The van der Waals surface area contributed by atoms with Crippen molar-refractivity contribution >= 4 is 49.4 Å². The van der Waals surface area contributed by atoms with Crippen LogP contribution in [-0.2, 0) is 4.79 Å². The van der Waals surface area contributed by atoms with Crippen molar-refractivity contribution in [2.24, 2.45) is 0 Å². The number of carboxylic acid groups (broad SMARTS) is 1. The van der Waals surface area contributed by atoms with E-state index in [1.165, 1.54) is 6.92 Å². The second kappa shape index (κ2) is 7.67. The summed E-state index contributed by atoms with van der Waals surface area (Å²) < 4.78 is 6.86. The number of rotatable bonds is 5. The molecule has 0 aliphatic rings. The number of carboxylic acids is 1. The molecule has 2 aromatic rings. The molecule has 1 unspecified atom stereocenters. The van der Waals surface area contributed by atoms with Crippen LogP contribution < -0.4 is 15.8 Å². The van der Waals surface area contributed by atoms with Gasteiger partial charge in [-0.1, -0.05) is 0 Å². The number of carbonyl (C=O) groups excluding carboxylic acids is 1. The predicted octanol–water partition coefficient (Wildman–Crippen LogP) is 3.79. The Morgan fingerprint density at radius 1 is 1.17 bits per heavy atom. The molecule has 0 saturated carbocycles. The van der Waals surface area contributed by atoms with Crippen molar-refractivity contribution in [1.29, 1.82) is 0 Å². The average Bonchev–Trinajstić information content (AvgIpc) is 2.52. The summed E-state index contributed by atoms with van der Waals surface area (Å²) in [5.41, 5.74) is 6.56. The number of aliphatic carboxylic acids is 1. The molecule has 0 heterocycles. The minimum absolute atomic E-state index is 0.298. The lowest BCUT2D eigenvalue weighted by Gasteiger charge is -2.13. The highest BCUT2D eigenvalue weighted by Crippen LogP contribution is 2.38. The molecular weight excluding hydrogens is 444 g/mol. The zero-order valence-electron chi connectivity index (χ0n) is 12.5. The van der Waals surface area contributed by atoms with Crippen LogP contribution in [0.2, 0.25) is 0 Å². The number of benzene rings is 2. The Morgan fingerprint density at radius 2 is 1.71 bits per heavy atom. The van der Waals surface area contributed by atoms with Gasteiger partial charge in [-0.2, -0.15) is 0 Å². The van der Waals surface area contributed by atoms with Crippen molar-refractivity contribution in [3.8, 4) is 11.5 Å². The normalized spacial score (nSPS) is 11.6. The maximum absolute atomic E-state index is 12.1. The van der Waals surface area contributed by atoms with Crippen molar-refractivity contribution in [3.63, 3.8) is 0 Å². The molecule has 6 nitrogen and oxygen atoms in total. The Kier molecular flexibility index (Phi) is 5.84. The highest BCUT2D eigenvalue weighted by atomic mass is 79.9. The van der Waals surface area contributed by atoms with Gasteiger partial charge in [-0.3, -0.25) is 9.59 Å². The average molecular weight is 458 g/mol. The van der Waals surface area contributed by atoms with E-state index < -0.39 is 17.9 Å². The lowest BCUT2D eigenvalue weighted by atomic mass is 10.2. The van der Waals surface area contributed by atoms with Gasteiger partial charge in [-0.25, -0.2) is 0 Å². The first-order valence-corrected chi connectivity index (χ1v) is 8.42. The Labute approximate surface area is 155 Å². The molecule has 0 aromatic heterocycles. The topological polar surface area (TPSA) is 102 Å². The van der Waals surface area contributed by atoms with Crippen molar-refractivity contribution in [2.75, 3.05) is 5.73 Å². The van der Waals surface area contributed by atoms with Gasteiger partial charge in [0.1, 0.15) is 11.8 Å². The minimum atomic E-state index is -1.11. The number of nitrogens with one attached hydrogen (secondary N) is 1. The van der Waals surface area contributed by atoms with E-state index >= 15 is 0 Å². The number of carbonyl (C=O) groups is 2. The number of nitrogen functional groups attached to an aromatic ring is 1. The van der Waals surface area contributed by atoms with Crippen LogP contribution in [0.3, 0.4) is 0 Å². The maximum Gasteiger partial charge on any atom is 0.325 e. The van der Waals surface area contributed by atoms with Gasteiger partial charge >= 0.3 is 5.97 Å². The summed E-state index contributed by atoms with van der Waals surface area (Å²) >= 11 is 6.71. The molecule has 0 fully saturated rings. The molecule has 2 rings (SSSR count). The van der Waals surface area contributed by atoms with E-state index in [0.717, 1.165) is 0 Å². The number of nitrogens with two attached hydrogens (primary N) is 1. The third kappa shape index (κ3) is 4.48. The summed E-state index contributed by atoms with van der Waals surface area (Å²) in [6.45, 7) is 1.39. The van der Waals surface area contributed by atoms with Crippen LogP contribution in [0.5, 0.6) is 11.5 Å². The lowest BCUT2D eigenvalue weighted by Crippen LogP contribution is -2.38. The molecule has 1 amide bonds. The van der Waals surface area contributed by atoms with Gasteiger partial charge in [-0.05, 0) is 75.2 Å². The molecule has 0 spiro atoms. The summed E-state index contributed by atoms with van der Waals surface area (Å²) in [5.74, 6) is -0.528. The fourth-order valence-corrected chi connectivity index (χ4v) is 3.13. The molecule has 1 atom stereocenters. The van der Waals surface area contributed by atoms with Crippen molar-refractivity contribution in [3.05, 3.63) is 50.9 Å². The van der Waals surface area contributed by atoms with Crippen LogP contribution in [0.25, 0.3) is 0 Å². The first-order valence-electron chi connectivity index (χ1n) is 6.84. The molecule has 0 bridgehead atoms. The van der Waals surface area contributed by atoms with Crippen LogP contribution in [0.15, 0.2) is 45.3 Å². The van der Waals surface area contributed by atoms with Crippen LogP contribution >= 0.6 is 31.9 Å². The van der Waals surface area contributed by atoms with Crippen LogP contribution in [0.4, 0.5) is 5.69 Å². The van der Waals surface area contributed by atoms with Crippen LogP contribution in [-0.4, -0.2) is 23.0 Å². The predicted molar refractivity (Wildman–Crippen MR) is 97.3 cm³/mol. The second-order valence-corrected chi connectivity index (χ2v) is 6.68. The van der Waals surface area contributed by atoms with E-state index in [4.69, 9.17) is 15.6 Å². The monoisotopic (exact) mass is 456 g/mol. The van der Waals surface area contributed by atoms with E-state index in [1.54, 1.807) is 36.4 Å². The zero-order chi connectivity index (χ0) is 17.9. The van der Waals surface area contributed by atoms with E-state index in [0.29, 0.717) is 31.7 Å². The Balaban J connectivity index is 2.23. The van der Waals surface area contributed by atoms with Crippen LogP contribution in [0, 0.1) is 0 Å². The van der Waals surface area contributed by atoms with Gasteiger partial charge in [0.2, 0.25) is 0 Å². The van der Waals surface area contributed by atoms with Gasteiger partial charge in [0.15, 0.2) is 5.75 Å². The number of ether oxygens (including phenoxy) is 1. The maximum atomic E-state index is 12.1. The molecule has 0 aliphatic heterocycles. The highest BCUT2D eigenvalue weighted by molar-refractivity contribution is 9.11. The fraction of sp³-hybridized carbons (Fsp3) is 0.125. The molecule has 8 heteroatoms. The van der Waals surface area contributed by atoms with E-state index in [1.807, 2.05) is 0 Å². The second-order valence-electron chi connectivity index (χ2n) is 4.97. The zero-order valence-corrected chi connectivity index (χ0v) is 15.7. The molecular formula is C16H14Br2N2O4. The third-order valence-electron chi connectivity index (χ3n) is 3.08. The van der Waals surface area contributed by atoms with Gasteiger partial charge in [0, 0.05) is 11.3 Å². The highest BCUT2D eigenvalue weighted by Gasteiger charge is 2.18.